The molecule has 0 heterocycles. The molecular weight excluding hydrogens is 332 g/mol. The van der Waals surface area contributed by atoms with E-state index in [1.54, 1.807) is 12.1 Å². The maximum absolute atomic E-state index is 10.8. The Morgan fingerprint density at radius 3 is 2.04 bits per heavy atom. The van der Waals surface area contributed by atoms with E-state index in [1.807, 2.05) is 6.92 Å². The average Bonchev–Trinajstić information content (AvgIpc) is 2.56. The zero-order valence-corrected chi connectivity index (χ0v) is 14.4. The summed E-state index contributed by atoms with van der Waals surface area (Å²) in [4.78, 5) is 21.6. The van der Waals surface area contributed by atoms with Gasteiger partial charge in [0.15, 0.2) is 11.5 Å². The van der Waals surface area contributed by atoms with Crippen molar-refractivity contribution in [1.82, 2.24) is 5.01 Å². The summed E-state index contributed by atoms with van der Waals surface area (Å²) in [6, 6.07) is 3.27. The van der Waals surface area contributed by atoms with Gasteiger partial charge in [-0.05, 0) is 18.6 Å². The summed E-state index contributed by atoms with van der Waals surface area (Å²) >= 11 is 0. The highest BCUT2D eigenvalue weighted by Gasteiger charge is 2.14. The van der Waals surface area contributed by atoms with Crippen molar-refractivity contribution in [2.75, 3.05) is 33.9 Å². The molecule has 0 saturated carbocycles. The van der Waals surface area contributed by atoms with Gasteiger partial charge in [0.2, 0.25) is 5.75 Å². The minimum atomic E-state index is -1.18. The van der Waals surface area contributed by atoms with Crippen molar-refractivity contribution in [1.29, 1.82) is 0 Å². The maximum Gasteiger partial charge on any atom is 0.324 e. The smallest absolute Gasteiger partial charge is 0.324 e. The molecular formula is C16H22N2O7. The van der Waals surface area contributed by atoms with Crippen LogP contribution in [0.5, 0.6) is 17.2 Å². The van der Waals surface area contributed by atoms with Crippen molar-refractivity contribution < 1.29 is 34.0 Å². The number of hydrazone groups is 1. The SMILES string of the molecule is CCCOc1c(OC)cc(/C=N\N(CC(=O)O)CC(=O)O)cc1OC. The van der Waals surface area contributed by atoms with E-state index >= 15 is 0 Å². The molecule has 0 saturated heterocycles. The maximum atomic E-state index is 10.8. The molecule has 138 valence electrons. The summed E-state index contributed by atoms with van der Waals surface area (Å²) in [5, 5.41) is 22.5. The van der Waals surface area contributed by atoms with Gasteiger partial charge in [-0.15, -0.1) is 0 Å². The van der Waals surface area contributed by atoms with Crippen molar-refractivity contribution in [3.05, 3.63) is 17.7 Å². The van der Waals surface area contributed by atoms with Crippen molar-refractivity contribution in [3.63, 3.8) is 0 Å². The predicted octanol–water partition coefficient (Wildman–Crippen LogP) is 1.30. The molecule has 0 aliphatic heterocycles. The lowest BCUT2D eigenvalue weighted by atomic mass is 10.2. The van der Waals surface area contributed by atoms with Gasteiger partial charge in [0, 0.05) is 5.56 Å². The largest absolute Gasteiger partial charge is 0.493 e. The van der Waals surface area contributed by atoms with Crippen LogP contribution in [0.2, 0.25) is 0 Å². The van der Waals surface area contributed by atoms with Crippen molar-refractivity contribution in [2.24, 2.45) is 5.10 Å². The number of nitrogens with zero attached hydrogens (tertiary/aromatic N) is 2. The Labute approximate surface area is 145 Å². The van der Waals surface area contributed by atoms with Gasteiger partial charge in [0.1, 0.15) is 13.1 Å². The first-order valence-electron chi connectivity index (χ1n) is 7.52. The molecule has 0 unspecified atom stereocenters. The Kier molecular flexibility index (Phi) is 8.04. The minimum absolute atomic E-state index is 0.428. The topological polar surface area (TPSA) is 118 Å². The van der Waals surface area contributed by atoms with Crippen LogP contribution in [0.25, 0.3) is 0 Å². The summed E-state index contributed by atoms with van der Waals surface area (Å²) in [7, 11) is 2.96. The molecule has 9 nitrogen and oxygen atoms in total. The summed E-state index contributed by atoms with van der Waals surface area (Å²) in [6.07, 6.45) is 2.15. The first-order chi connectivity index (χ1) is 11.9. The highest BCUT2D eigenvalue weighted by molar-refractivity contribution is 5.83. The number of carboxylic acid groups (broad SMARTS) is 2. The van der Waals surface area contributed by atoms with E-state index in [1.165, 1.54) is 20.4 Å². The fourth-order valence-electron chi connectivity index (χ4n) is 1.92. The third-order valence-corrected chi connectivity index (χ3v) is 2.94. The molecule has 0 spiro atoms. The zero-order valence-electron chi connectivity index (χ0n) is 14.4. The second kappa shape index (κ2) is 10.0. The molecule has 2 N–H and O–H groups in total. The van der Waals surface area contributed by atoms with Crippen LogP contribution in [0.15, 0.2) is 17.2 Å². The van der Waals surface area contributed by atoms with E-state index in [0.717, 1.165) is 11.4 Å². The van der Waals surface area contributed by atoms with Crippen LogP contribution >= 0.6 is 0 Å². The lowest BCUT2D eigenvalue weighted by molar-refractivity contribution is -0.141. The van der Waals surface area contributed by atoms with E-state index in [4.69, 9.17) is 24.4 Å². The van der Waals surface area contributed by atoms with Gasteiger partial charge in [-0.3, -0.25) is 14.6 Å². The predicted molar refractivity (Wildman–Crippen MR) is 89.8 cm³/mol. The summed E-state index contributed by atoms with van der Waals surface area (Å²) in [6.45, 7) is 1.40. The first kappa shape index (κ1) is 20.1. The second-order valence-electron chi connectivity index (χ2n) is 4.96. The van der Waals surface area contributed by atoms with Crippen LogP contribution in [0, 0.1) is 0 Å². The first-order valence-corrected chi connectivity index (χ1v) is 7.52. The molecule has 0 atom stereocenters. The Bertz CT molecular complexity index is 590. The van der Waals surface area contributed by atoms with Gasteiger partial charge < -0.3 is 24.4 Å². The van der Waals surface area contributed by atoms with Gasteiger partial charge in [-0.1, -0.05) is 6.92 Å². The summed E-state index contributed by atoms with van der Waals surface area (Å²) < 4.78 is 16.2. The van der Waals surface area contributed by atoms with Crippen LogP contribution in [0.3, 0.4) is 0 Å². The standard InChI is InChI=1S/C16H22N2O7/c1-4-5-25-16-12(23-2)6-11(7-13(16)24-3)8-17-18(9-14(19)20)10-15(21)22/h6-8H,4-5,9-10H2,1-3H3,(H,19,20)(H,21,22)/b17-8-. The molecule has 0 radical (unpaired) electrons. The Hall–Kier alpha value is -2.97. The molecule has 0 amide bonds. The number of rotatable bonds is 11. The van der Waals surface area contributed by atoms with Crippen molar-refractivity contribution in [2.45, 2.75) is 13.3 Å². The van der Waals surface area contributed by atoms with Crippen LogP contribution in [-0.2, 0) is 9.59 Å². The van der Waals surface area contributed by atoms with Crippen LogP contribution < -0.4 is 14.2 Å². The van der Waals surface area contributed by atoms with E-state index < -0.39 is 25.0 Å². The number of benzene rings is 1. The number of carbonyl (C=O) groups is 2. The molecule has 0 fully saturated rings. The highest BCUT2D eigenvalue weighted by atomic mass is 16.5. The number of carboxylic acids is 2. The quantitative estimate of drug-likeness (QED) is 0.451. The van der Waals surface area contributed by atoms with E-state index in [2.05, 4.69) is 5.10 Å². The molecule has 9 heteroatoms. The Balaban J connectivity index is 3.10. The second-order valence-corrected chi connectivity index (χ2v) is 4.96. The van der Waals surface area contributed by atoms with Crippen molar-refractivity contribution >= 4 is 18.2 Å². The van der Waals surface area contributed by atoms with Gasteiger partial charge in [0.05, 0.1) is 27.0 Å². The third-order valence-electron chi connectivity index (χ3n) is 2.94. The fourth-order valence-corrected chi connectivity index (χ4v) is 1.92. The van der Waals surface area contributed by atoms with Gasteiger partial charge in [-0.25, -0.2) is 0 Å². The number of hydrogen-bond acceptors (Lipinski definition) is 7. The van der Waals surface area contributed by atoms with Crippen LogP contribution in [0.1, 0.15) is 18.9 Å². The van der Waals surface area contributed by atoms with E-state index in [9.17, 15) is 9.59 Å². The van der Waals surface area contributed by atoms with Gasteiger partial charge >= 0.3 is 11.9 Å². The normalized spacial score (nSPS) is 10.5. The molecule has 0 aromatic heterocycles. The Morgan fingerprint density at radius 1 is 1.12 bits per heavy atom. The molecule has 1 rings (SSSR count). The summed E-state index contributed by atoms with van der Waals surface area (Å²) in [5.74, 6) is -1.06. The third kappa shape index (κ3) is 6.58. The minimum Gasteiger partial charge on any atom is -0.493 e. The lowest BCUT2D eigenvalue weighted by Crippen LogP contribution is -2.30. The number of ether oxygens (including phenoxy) is 3. The fraction of sp³-hybridized carbons (Fsp3) is 0.438. The molecule has 1 aromatic rings. The van der Waals surface area contributed by atoms with E-state index in [0.29, 0.717) is 29.4 Å². The average molecular weight is 354 g/mol. The van der Waals surface area contributed by atoms with Crippen LogP contribution in [0.4, 0.5) is 0 Å². The molecule has 25 heavy (non-hydrogen) atoms. The van der Waals surface area contributed by atoms with E-state index in [-0.39, 0.29) is 0 Å². The van der Waals surface area contributed by atoms with Gasteiger partial charge in [0.25, 0.3) is 0 Å². The lowest BCUT2D eigenvalue weighted by Gasteiger charge is -2.16. The molecule has 0 bridgehead atoms. The molecule has 0 aliphatic rings. The monoisotopic (exact) mass is 354 g/mol. The highest BCUT2D eigenvalue weighted by Crippen LogP contribution is 2.38. The Morgan fingerprint density at radius 2 is 1.64 bits per heavy atom. The van der Waals surface area contributed by atoms with Crippen molar-refractivity contribution in [3.8, 4) is 17.2 Å². The number of methoxy groups -OCH3 is 2. The van der Waals surface area contributed by atoms with Crippen LogP contribution in [-0.4, -0.2) is 67.3 Å². The number of hydrogen-bond donors (Lipinski definition) is 2. The molecule has 0 aliphatic carbocycles. The molecule has 1 aromatic carbocycles. The zero-order chi connectivity index (χ0) is 18.8. The summed E-state index contributed by atoms with van der Waals surface area (Å²) in [5.41, 5.74) is 0.540. The number of aliphatic carboxylic acids is 2. The van der Waals surface area contributed by atoms with Gasteiger partial charge in [-0.2, -0.15) is 5.10 Å².